The van der Waals surface area contributed by atoms with Gasteiger partial charge in [0.2, 0.25) is 5.88 Å². The van der Waals surface area contributed by atoms with Crippen molar-refractivity contribution < 1.29 is 14.7 Å². The molecule has 3 amide bonds. The molecule has 0 bridgehead atoms. The Labute approximate surface area is 195 Å². The second-order valence-electron chi connectivity index (χ2n) is 6.68. The number of benzene rings is 3. The molecule has 4 aromatic rings. The van der Waals surface area contributed by atoms with Gasteiger partial charge in [-0.1, -0.05) is 27.5 Å². The first kappa shape index (κ1) is 21.5. The molecule has 0 aliphatic heterocycles. The van der Waals surface area contributed by atoms with Crippen molar-refractivity contribution in [3.8, 4) is 5.88 Å². The molecule has 4 N–H and O–H groups in total. The predicted molar refractivity (Wildman–Crippen MR) is 127 cm³/mol. The zero-order chi connectivity index (χ0) is 22.7. The van der Waals surface area contributed by atoms with Gasteiger partial charge in [-0.2, -0.15) is 0 Å². The molecule has 1 aromatic heterocycles. The van der Waals surface area contributed by atoms with E-state index >= 15 is 0 Å². The van der Waals surface area contributed by atoms with Gasteiger partial charge in [0.1, 0.15) is 0 Å². The molecule has 3 aromatic carbocycles. The molecule has 0 atom stereocenters. The molecule has 0 unspecified atom stereocenters. The molecular formula is C22H15BrClN5O3. The van der Waals surface area contributed by atoms with E-state index in [0.717, 1.165) is 4.47 Å². The summed E-state index contributed by atoms with van der Waals surface area (Å²) in [5, 5.41) is 24.2. The van der Waals surface area contributed by atoms with Crippen molar-refractivity contribution in [2.24, 2.45) is 10.2 Å². The second-order valence-corrected chi connectivity index (χ2v) is 8.03. The first-order chi connectivity index (χ1) is 15.4. The van der Waals surface area contributed by atoms with Crippen molar-refractivity contribution in [3.05, 3.63) is 81.8 Å². The highest BCUT2D eigenvalue weighted by Gasteiger charge is 2.12. The highest BCUT2D eigenvalue weighted by molar-refractivity contribution is 9.10. The number of hydrogen-bond donors (Lipinski definition) is 4. The van der Waals surface area contributed by atoms with Crippen molar-refractivity contribution >= 4 is 67.4 Å². The Morgan fingerprint density at radius 2 is 1.56 bits per heavy atom. The number of hydrogen-bond acceptors (Lipinski definition) is 4. The standard InChI is InChI=1S/C22H15BrClN5O3/c23-13-3-10-18-17(11-13)19(21(31)27-18)28-29-20(30)12-1-6-15(7-2-12)25-22(32)26-16-8-4-14(24)5-9-16/h1-11,27,31H,(H2,25,26,32). The van der Waals surface area contributed by atoms with Crippen LogP contribution in [0, 0.1) is 0 Å². The lowest BCUT2D eigenvalue weighted by molar-refractivity contribution is 0.0995. The molecule has 0 aliphatic carbocycles. The summed E-state index contributed by atoms with van der Waals surface area (Å²) < 4.78 is 0.801. The van der Waals surface area contributed by atoms with Crippen LogP contribution in [0.2, 0.25) is 5.02 Å². The Balaban J connectivity index is 1.42. The van der Waals surface area contributed by atoms with Gasteiger partial charge >= 0.3 is 6.03 Å². The highest BCUT2D eigenvalue weighted by atomic mass is 79.9. The maximum Gasteiger partial charge on any atom is 0.323 e. The van der Waals surface area contributed by atoms with Gasteiger partial charge in [0.05, 0.1) is 5.52 Å². The molecule has 8 nitrogen and oxygen atoms in total. The van der Waals surface area contributed by atoms with Crippen LogP contribution < -0.4 is 10.6 Å². The summed E-state index contributed by atoms with van der Waals surface area (Å²) in [6, 6.07) is 17.8. The topological polar surface area (TPSA) is 119 Å². The molecule has 160 valence electrons. The van der Waals surface area contributed by atoms with Gasteiger partial charge in [-0.05, 0) is 66.7 Å². The van der Waals surface area contributed by atoms with Crippen LogP contribution in [-0.4, -0.2) is 22.0 Å². The Morgan fingerprint density at radius 1 is 0.938 bits per heavy atom. The third kappa shape index (κ3) is 4.96. The summed E-state index contributed by atoms with van der Waals surface area (Å²) >= 11 is 9.19. The minimum Gasteiger partial charge on any atom is -0.493 e. The number of H-pyrrole nitrogens is 1. The van der Waals surface area contributed by atoms with Gasteiger partial charge in [-0.3, -0.25) is 4.79 Å². The predicted octanol–water partition coefficient (Wildman–Crippen LogP) is 6.86. The van der Waals surface area contributed by atoms with E-state index in [-0.39, 0.29) is 17.1 Å². The van der Waals surface area contributed by atoms with Crippen molar-refractivity contribution in [1.29, 1.82) is 0 Å². The SMILES string of the molecule is O=C(Nc1ccc(Cl)cc1)Nc1ccc(C(=O)N=Nc2c(O)[nH]c3ccc(Br)cc23)cc1. The minimum atomic E-state index is -0.592. The largest absolute Gasteiger partial charge is 0.493 e. The number of nitrogens with zero attached hydrogens (tertiary/aromatic N) is 2. The Bertz CT molecular complexity index is 1330. The van der Waals surface area contributed by atoms with Gasteiger partial charge in [-0.15, -0.1) is 10.2 Å². The number of aromatic hydroxyl groups is 1. The molecule has 4 rings (SSSR count). The number of nitrogens with one attached hydrogen (secondary N) is 3. The third-order valence-corrected chi connectivity index (χ3v) is 5.19. The number of carbonyl (C=O) groups excluding carboxylic acids is 2. The summed E-state index contributed by atoms with van der Waals surface area (Å²) in [5.74, 6) is -0.771. The Morgan fingerprint density at radius 3 is 2.22 bits per heavy atom. The molecule has 0 spiro atoms. The van der Waals surface area contributed by atoms with Crippen LogP contribution in [0.15, 0.2) is 81.4 Å². The summed E-state index contributed by atoms with van der Waals surface area (Å²) in [6.45, 7) is 0. The van der Waals surface area contributed by atoms with E-state index in [1.165, 1.54) is 12.1 Å². The molecule has 0 fully saturated rings. The van der Waals surface area contributed by atoms with Gasteiger partial charge in [0.15, 0.2) is 5.69 Å². The van der Waals surface area contributed by atoms with E-state index in [1.54, 1.807) is 48.5 Å². The fourth-order valence-corrected chi connectivity index (χ4v) is 3.40. The van der Waals surface area contributed by atoms with E-state index < -0.39 is 11.9 Å². The number of anilines is 2. The van der Waals surface area contributed by atoms with Crippen LogP contribution in [0.1, 0.15) is 10.4 Å². The normalized spacial score (nSPS) is 11.1. The number of fused-ring (bicyclic) bond motifs is 1. The molecule has 0 saturated heterocycles. The maximum atomic E-state index is 12.4. The second kappa shape index (κ2) is 9.21. The third-order valence-electron chi connectivity index (χ3n) is 4.45. The molecular weight excluding hydrogens is 498 g/mol. The Hall–Kier alpha value is -3.69. The summed E-state index contributed by atoms with van der Waals surface area (Å²) in [5.41, 5.74) is 2.19. The van der Waals surface area contributed by atoms with Gasteiger partial charge in [0, 0.05) is 31.8 Å². The zero-order valence-corrected chi connectivity index (χ0v) is 18.6. The summed E-state index contributed by atoms with van der Waals surface area (Å²) in [4.78, 5) is 27.3. The van der Waals surface area contributed by atoms with Crippen LogP contribution in [0.3, 0.4) is 0 Å². The maximum absolute atomic E-state index is 12.4. The number of aromatic amines is 1. The first-order valence-corrected chi connectivity index (χ1v) is 10.5. The zero-order valence-electron chi connectivity index (χ0n) is 16.3. The summed E-state index contributed by atoms with van der Waals surface area (Å²) in [7, 11) is 0. The smallest absolute Gasteiger partial charge is 0.323 e. The lowest BCUT2D eigenvalue weighted by atomic mass is 10.2. The lowest BCUT2D eigenvalue weighted by Gasteiger charge is -2.08. The first-order valence-electron chi connectivity index (χ1n) is 9.29. The number of aromatic nitrogens is 1. The number of carbonyl (C=O) groups is 2. The fraction of sp³-hybridized carbons (Fsp3) is 0. The number of urea groups is 1. The molecule has 1 heterocycles. The highest BCUT2D eigenvalue weighted by Crippen LogP contribution is 2.36. The van der Waals surface area contributed by atoms with Crippen molar-refractivity contribution in [3.63, 3.8) is 0 Å². The number of halogens is 2. The van der Waals surface area contributed by atoms with E-state index in [2.05, 4.69) is 41.8 Å². The van der Waals surface area contributed by atoms with Gasteiger partial charge < -0.3 is 20.7 Å². The van der Waals surface area contributed by atoms with E-state index in [9.17, 15) is 14.7 Å². The quantitative estimate of drug-likeness (QED) is 0.224. The molecule has 10 heteroatoms. The summed E-state index contributed by atoms with van der Waals surface area (Å²) in [6.07, 6.45) is 0. The minimum absolute atomic E-state index is 0.173. The van der Waals surface area contributed by atoms with E-state index in [0.29, 0.717) is 27.3 Å². The monoisotopic (exact) mass is 511 g/mol. The van der Waals surface area contributed by atoms with Crippen LogP contribution in [0.25, 0.3) is 10.9 Å². The molecule has 0 aliphatic rings. The van der Waals surface area contributed by atoms with Crippen LogP contribution >= 0.6 is 27.5 Å². The van der Waals surface area contributed by atoms with Gasteiger partial charge in [-0.25, -0.2) is 4.79 Å². The van der Waals surface area contributed by atoms with Crippen molar-refractivity contribution in [2.45, 2.75) is 0 Å². The van der Waals surface area contributed by atoms with E-state index in [1.807, 2.05) is 6.07 Å². The lowest BCUT2D eigenvalue weighted by Crippen LogP contribution is -2.19. The molecule has 0 radical (unpaired) electrons. The van der Waals surface area contributed by atoms with E-state index in [4.69, 9.17) is 11.6 Å². The number of rotatable bonds is 4. The molecule has 32 heavy (non-hydrogen) atoms. The van der Waals surface area contributed by atoms with Crippen molar-refractivity contribution in [2.75, 3.05) is 10.6 Å². The van der Waals surface area contributed by atoms with Crippen LogP contribution in [-0.2, 0) is 0 Å². The molecule has 0 saturated carbocycles. The van der Waals surface area contributed by atoms with Gasteiger partial charge in [0.25, 0.3) is 5.91 Å². The number of azo groups is 1. The Kier molecular flexibility index (Phi) is 6.20. The fourth-order valence-electron chi connectivity index (χ4n) is 2.91. The van der Waals surface area contributed by atoms with Crippen LogP contribution in [0.5, 0.6) is 5.88 Å². The number of amides is 3. The average molecular weight is 513 g/mol. The average Bonchev–Trinajstić information content (AvgIpc) is 3.08. The van der Waals surface area contributed by atoms with Crippen molar-refractivity contribution in [1.82, 2.24) is 4.98 Å². The van der Waals surface area contributed by atoms with Crippen LogP contribution in [0.4, 0.5) is 21.9 Å².